The Kier molecular flexibility index (Phi) is 2.80. The van der Waals surface area contributed by atoms with E-state index in [0.717, 1.165) is 19.3 Å². The van der Waals surface area contributed by atoms with Gasteiger partial charge in [0, 0.05) is 0 Å². The van der Waals surface area contributed by atoms with Crippen LogP contribution in [-0.2, 0) is 4.84 Å². The Bertz CT molecular complexity index is 127. The number of unbranched alkanes of at least 4 members (excludes halogenated alkanes) is 1. The molecular formula is C6H15N3O2. The zero-order chi connectivity index (χ0) is 8.32. The second-order valence-electron chi connectivity index (χ2n) is 2.79. The second-order valence-corrected chi connectivity index (χ2v) is 2.79. The minimum atomic E-state index is -1.26. The highest BCUT2D eigenvalue weighted by Gasteiger charge is 2.48. The Balaban J connectivity index is 2.06. The molecule has 0 aromatic rings. The van der Waals surface area contributed by atoms with E-state index < -0.39 is 5.91 Å². The van der Waals surface area contributed by atoms with Crippen molar-refractivity contribution in [3.8, 4) is 0 Å². The molecule has 0 spiro atoms. The molecule has 1 aliphatic rings. The first kappa shape index (κ1) is 8.89. The van der Waals surface area contributed by atoms with Gasteiger partial charge in [-0.1, -0.05) is 6.42 Å². The fourth-order valence-corrected chi connectivity index (χ4v) is 0.908. The molecule has 0 aliphatic carbocycles. The van der Waals surface area contributed by atoms with Gasteiger partial charge in [0.2, 0.25) is 0 Å². The SMILES string of the molecule is NCCCCC(N)C1(O)NO1. The molecule has 1 heterocycles. The number of nitrogens with one attached hydrogen (secondary N) is 1. The summed E-state index contributed by atoms with van der Waals surface area (Å²) in [5, 5.41) is 9.21. The van der Waals surface area contributed by atoms with Gasteiger partial charge in [-0.25, -0.2) is 4.84 Å². The molecule has 0 saturated carbocycles. The monoisotopic (exact) mass is 161 g/mol. The van der Waals surface area contributed by atoms with Gasteiger partial charge in [0.05, 0.1) is 6.04 Å². The van der Waals surface area contributed by atoms with Crippen LogP contribution in [0.25, 0.3) is 0 Å². The predicted octanol–water partition coefficient (Wildman–Crippen LogP) is -1.38. The van der Waals surface area contributed by atoms with Crippen molar-refractivity contribution in [1.82, 2.24) is 5.48 Å². The molecule has 0 amide bonds. The van der Waals surface area contributed by atoms with E-state index in [9.17, 15) is 5.11 Å². The lowest BCUT2D eigenvalue weighted by atomic mass is 10.1. The molecule has 66 valence electrons. The quantitative estimate of drug-likeness (QED) is 0.294. The molecule has 0 aromatic carbocycles. The van der Waals surface area contributed by atoms with Gasteiger partial charge >= 0.3 is 0 Å². The Morgan fingerprint density at radius 3 is 2.64 bits per heavy atom. The van der Waals surface area contributed by atoms with Crippen molar-refractivity contribution >= 4 is 0 Å². The average molecular weight is 161 g/mol. The van der Waals surface area contributed by atoms with Gasteiger partial charge < -0.3 is 16.6 Å². The van der Waals surface area contributed by atoms with Crippen LogP contribution in [0.3, 0.4) is 0 Å². The first-order valence-corrected chi connectivity index (χ1v) is 3.82. The van der Waals surface area contributed by atoms with E-state index in [1.807, 2.05) is 0 Å². The lowest BCUT2D eigenvalue weighted by Gasteiger charge is -2.11. The van der Waals surface area contributed by atoms with Crippen molar-refractivity contribution in [2.24, 2.45) is 11.5 Å². The van der Waals surface area contributed by atoms with Crippen molar-refractivity contribution in [2.75, 3.05) is 6.54 Å². The zero-order valence-corrected chi connectivity index (χ0v) is 6.42. The lowest BCUT2D eigenvalue weighted by molar-refractivity contribution is 0.00967. The zero-order valence-electron chi connectivity index (χ0n) is 6.42. The number of hydrogen-bond donors (Lipinski definition) is 4. The summed E-state index contributed by atoms with van der Waals surface area (Å²) in [5.41, 5.74) is 13.2. The Labute approximate surface area is 65.6 Å². The number of rotatable bonds is 5. The van der Waals surface area contributed by atoms with Crippen LogP contribution in [0.2, 0.25) is 0 Å². The third-order valence-corrected chi connectivity index (χ3v) is 1.78. The summed E-state index contributed by atoms with van der Waals surface area (Å²) >= 11 is 0. The number of hydroxylamine groups is 1. The summed E-state index contributed by atoms with van der Waals surface area (Å²) in [5.74, 6) is -1.26. The molecule has 1 fully saturated rings. The summed E-state index contributed by atoms with van der Waals surface area (Å²) in [6.07, 6.45) is 2.58. The molecule has 6 N–H and O–H groups in total. The molecule has 0 aromatic heterocycles. The average Bonchev–Trinajstić information content (AvgIpc) is 2.70. The van der Waals surface area contributed by atoms with E-state index in [2.05, 4.69) is 10.3 Å². The van der Waals surface area contributed by atoms with Gasteiger partial charge in [-0.05, 0) is 19.4 Å². The van der Waals surface area contributed by atoms with Crippen LogP contribution < -0.4 is 16.9 Å². The molecule has 5 heteroatoms. The van der Waals surface area contributed by atoms with Crippen molar-refractivity contribution in [3.63, 3.8) is 0 Å². The van der Waals surface area contributed by atoms with E-state index >= 15 is 0 Å². The molecule has 1 rings (SSSR count). The highest BCUT2D eigenvalue weighted by Crippen LogP contribution is 2.21. The van der Waals surface area contributed by atoms with E-state index in [0.29, 0.717) is 6.54 Å². The Morgan fingerprint density at radius 1 is 1.55 bits per heavy atom. The van der Waals surface area contributed by atoms with Crippen LogP contribution in [0.15, 0.2) is 0 Å². The van der Waals surface area contributed by atoms with Crippen molar-refractivity contribution in [2.45, 2.75) is 31.2 Å². The van der Waals surface area contributed by atoms with Crippen LogP contribution in [0.4, 0.5) is 0 Å². The van der Waals surface area contributed by atoms with Crippen LogP contribution in [0.1, 0.15) is 19.3 Å². The molecule has 2 atom stereocenters. The third-order valence-electron chi connectivity index (χ3n) is 1.78. The van der Waals surface area contributed by atoms with Gasteiger partial charge in [-0.2, -0.15) is 0 Å². The summed E-state index contributed by atoms with van der Waals surface area (Å²) in [6.45, 7) is 0.666. The van der Waals surface area contributed by atoms with Crippen LogP contribution in [0.5, 0.6) is 0 Å². The molecule has 5 nitrogen and oxygen atoms in total. The van der Waals surface area contributed by atoms with E-state index in [1.165, 1.54) is 0 Å². The maximum absolute atomic E-state index is 9.21. The molecule has 1 aliphatic heterocycles. The Hall–Kier alpha value is -0.200. The fraction of sp³-hybridized carbons (Fsp3) is 1.00. The fourth-order valence-electron chi connectivity index (χ4n) is 0.908. The summed E-state index contributed by atoms with van der Waals surface area (Å²) in [7, 11) is 0. The summed E-state index contributed by atoms with van der Waals surface area (Å²) < 4.78 is 0. The summed E-state index contributed by atoms with van der Waals surface area (Å²) in [6, 6.07) is -0.353. The Morgan fingerprint density at radius 2 is 2.18 bits per heavy atom. The van der Waals surface area contributed by atoms with Gasteiger partial charge in [-0.15, -0.1) is 5.48 Å². The van der Waals surface area contributed by atoms with E-state index in [4.69, 9.17) is 11.5 Å². The minimum Gasteiger partial charge on any atom is -0.349 e. The largest absolute Gasteiger partial charge is 0.349 e. The number of aliphatic hydroxyl groups is 1. The predicted molar refractivity (Wildman–Crippen MR) is 40.1 cm³/mol. The van der Waals surface area contributed by atoms with Crippen LogP contribution in [-0.4, -0.2) is 23.6 Å². The first-order chi connectivity index (χ1) is 5.19. The van der Waals surface area contributed by atoms with Crippen molar-refractivity contribution in [3.05, 3.63) is 0 Å². The molecule has 1 saturated heterocycles. The van der Waals surface area contributed by atoms with Crippen LogP contribution in [0, 0.1) is 0 Å². The summed E-state index contributed by atoms with van der Waals surface area (Å²) in [4.78, 5) is 4.54. The van der Waals surface area contributed by atoms with Gasteiger partial charge in [0.25, 0.3) is 5.91 Å². The highest BCUT2D eigenvalue weighted by molar-refractivity contribution is 4.82. The molecule has 11 heavy (non-hydrogen) atoms. The van der Waals surface area contributed by atoms with Crippen LogP contribution >= 0.6 is 0 Å². The second kappa shape index (κ2) is 3.46. The van der Waals surface area contributed by atoms with Gasteiger partial charge in [-0.3, -0.25) is 0 Å². The smallest absolute Gasteiger partial charge is 0.280 e. The first-order valence-electron chi connectivity index (χ1n) is 3.82. The topological polar surface area (TPSA) is 107 Å². The highest BCUT2D eigenvalue weighted by atomic mass is 16.9. The maximum Gasteiger partial charge on any atom is 0.280 e. The lowest BCUT2D eigenvalue weighted by Crippen LogP contribution is -2.39. The maximum atomic E-state index is 9.21. The van der Waals surface area contributed by atoms with Crippen molar-refractivity contribution in [1.29, 1.82) is 0 Å². The standard InChI is InChI=1S/C6H15N3O2/c7-4-2-1-3-5(8)6(10)9-11-6/h5,9-10H,1-4,7-8H2. The number of hydrogen-bond acceptors (Lipinski definition) is 5. The third kappa shape index (κ3) is 2.39. The molecule has 0 radical (unpaired) electrons. The molecule has 0 bridgehead atoms. The minimum absolute atomic E-state index is 0.353. The van der Waals surface area contributed by atoms with Crippen molar-refractivity contribution < 1.29 is 9.94 Å². The van der Waals surface area contributed by atoms with Gasteiger partial charge in [0.1, 0.15) is 0 Å². The van der Waals surface area contributed by atoms with E-state index in [-0.39, 0.29) is 6.04 Å². The number of nitrogens with two attached hydrogens (primary N) is 2. The molecule has 2 unspecified atom stereocenters. The van der Waals surface area contributed by atoms with Gasteiger partial charge in [0.15, 0.2) is 0 Å². The molecular weight excluding hydrogens is 146 g/mol. The van der Waals surface area contributed by atoms with E-state index in [1.54, 1.807) is 0 Å². The normalized spacial score (nSPS) is 31.9.